The molecule has 4 heteroatoms. The molecule has 0 atom stereocenters. The molecule has 2 aromatic rings. The molecule has 0 aliphatic carbocycles. The number of rotatable bonds is 3. The minimum atomic E-state index is -0.441. The largest absolute Gasteiger partial charge is 0.427 e. The van der Waals surface area contributed by atoms with E-state index >= 15 is 0 Å². The molecule has 0 fully saturated rings. The smallest absolute Gasteiger partial charge is 0.409 e. The van der Waals surface area contributed by atoms with Crippen molar-refractivity contribution in [2.45, 2.75) is 26.3 Å². The van der Waals surface area contributed by atoms with Crippen LogP contribution in [0, 0.1) is 0 Å². The first kappa shape index (κ1) is 14.6. The summed E-state index contributed by atoms with van der Waals surface area (Å²) in [7, 11) is 0. The van der Waals surface area contributed by atoms with Crippen LogP contribution in [-0.2, 0) is 19.4 Å². The number of carbonyl (C=O) groups excluding carboxylic acids is 1. The number of nitrogens with one attached hydrogen (secondary N) is 1. The van der Waals surface area contributed by atoms with E-state index < -0.39 is 6.09 Å². The second-order valence-corrected chi connectivity index (χ2v) is 5.44. The van der Waals surface area contributed by atoms with E-state index in [1.807, 2.05) is 35.3 Å². The molecule has 114 valence electrons. The van der Waals surface area contributed by atoms with E-state index in [1.54, 1.807) is 0 Å². The van der Waals surface area contributed by atoms with E-state index in [1.165, 1.54) is 16.7 Å². The Kier molecular flexibility index (Phi) is 4.39. The van der Waals surface area contributed by atoms with Crippen molar-refractivity contribution in [3.8, 4) is 5.75 Å². The van der Waals surface area contributed by atoms with Crippen molar-refractivity contribution < 1.29 is 9.53 Å². The highest BCUT2D eigenvalue weighted by atomic mass is 16.6. The molecule has 0 bridgehead atoms. The average molecular weight is 296 g/mol. The van der Waals surface area contributed by atoms with Crippen LogP contribution in [0.4, 0.5) is 4.79 Å². The molecule has 3 rings (SSSR count). The zero-order valence-corrected chi connectivity index (χ0v) is 12.7. The Bertz CT molecular complexity index is 652. The molecule has 2 aromatic carbocycles. The van der Waals surface area contributed by atoms with E-state index in [0.717, 1.165) is 19.4 Å². The normalized spacial score (nSPS) is 14.2. The second kappa shape index (κ2) is 6.62. The van der Waals surface area contributed by atoms with Crippen LogP contribution < -0.4 is 10.2 Å². The summed E-state index contributed by atoms with van der Waals surface area (Å²) in [5, 5.41) is 1.89. The van der Waals surface area contributed by atoms with Gasteiger partial charge in [0.1, 0.15) is 5.75 Å². The fourth-order valence-electron chi connectivity index (χ4n) is 2.64. The summed E-state index contributed by atoms with van der Waals surface area (Å²) < 4.78 is 5.31. The fraction of sp³-hybridized carbons (Fsp3) is 0.278. The molecule has 0 spiro atoms. The van der Waals surface area contributed by atoms with Crippen LogP contribution in [0.3, 0.4) is 0 Å². The lowest BCUT2D eigenvalue weighted by Crippen LogP contribution is -2.46. The minimum Gasteiger partial charge on any atom is -0.409 e. The lowest BCUT2D eigenvalue weighted by atomic mass is 10.0. The predicted molar refractivity (Wildman–Crippen MR) is 85.5 cm³/mol. The second-order valence-electron chi connectivity index (χ2n) is 5.44. The standard InChI is InChI=1S/C18H20N2O2/c1-2-14-7-9-17(10-8-14)22-18(21)19-20-12-11-15-5-3-4-6-16(15)13-20/h3-10H,2,11-13H2,1H3,(H,19,21). The third-order valence-corrected chi connectivity index (χ3v) is 3.92. The topological polar surface area (TPSA) is 41.6 Å². The molecule has 1 amide bonds. The first-order valence-electron chi connectivity index (χ1n) is 7.63. The van der Waals surface area contributed by atoms with Gasteiger partial charge in [0.05, 0.1) is 0 Å². The molecular formula is C18H20N2O2. The van der Waals surface area contributed by atoms with E-state index in [2.05, 4.69) is 30.5 Å². The summed E-state index contributed by atoms with van der Waals surface area (Å²) in [4.78, 5) is 12.0. The first-order valence-corrected chi connectivity index (χ1v) is 7.63. The van der Waals surface area contributed by atoms with Crippen LogP contribution in [0.25, 0.3) is 0 Å². The molecule has 0 saturated heterocycles. The van der Waals surface area contributed by atoms with Crippen molar-refractivity contribution in [3.05, 3.63) is 65.2 Å². The number of fused-ring (bicyclic) bond motifs is 1. The Labute approximate surface area is 130 Å². The number of aryl methyl sites for hydroxylation is 1. The van der Waals surface area contributed by atoms with Crippen LogP contribution in [0.2, 0.25) is 0 Å². The molecule has 4 nitrogen and oxygen atoms in total. The number of hydrazine groups is 1. The highest BCUT2D eigenvalue weighted by Crippen LogP contribution is 2.17. The molecule has 1 heterocycles. The van der Waals surface area contributed by atoms with Crippen molar-refractivity contribution in [1.29, 1.82) is 0 Å². The van der Waals surface area contributed by atoms with Crippen LogP contribution in [0.1, 0.15) is 23.6 Å². The van der Waals surface area contributed by atoms with Gasteiger partial charge in [-0.2, -0.15) is 0 Å². The van der Waals surface area contributed by atoms with Crippen molar-refractivity contribution >= 4 is 6.09 Å². The maximum absolute atomic E-state index is 12.0. The number of hydrogen-bond donors (Lipinski definition) is 1. The maximum Gasteiger partial charge on any atom is 0.427 e. The van der Waals surface area contributed by atoms with Gasteiger partial charge in [0.25, 0.3) is 0 Å². The molecule has 22 heavy (non-hydrogen) atoms. The van der Waals surface area contributed by atoms with Crippen LogP contribution in [-0.4, -0.2) is 17.6 Å². The minimum absolute atomic E-state index is 0.441. The summed E-state index contributed by atoms with van der Waals surface area (Å²) in [5.41, 5.74) is 6.63. The molecule has 1 aliphatic rings. The number of nitrogens with zero attached hydrogens (tertiary/aromatic N) is 1. The van der Waals surface area contributed by atoms with E-state index in [4.69, 9.17) is 4.74 Å². The monoisotopic (exact) mass is 296 g/mol. The Balaban J connectivity index is 1.56. The third kappa shape index (κ3) is 3.46. The van der Waals surface area contributed by atoms with E-state index in [0.29, 0.717) is 12.3 Å². The Hall–Kier alpha value is -2.33. The molecule has 0 saturated carbocycles. The Morgan fingerprint density at radius 2 is 1.86 bits per heavy atom. The lowest BCUT2D eigenvalue weighted by molar-refractivity contribution is 0.135. The summed E-state index contributed by atoms with van der Waals surface area (Å²) in [5.74, 6) is 0.562. The van der Waals surface area contributed by atoms with Crippen molar-refractivity contribution in [3.63, 3.8) is 0 Å². The van der Waals surface area contributed by atoms with Crippen molar-refractivity contribution in [1.82, 2.24) is 10.4 Å². The Morgan fingerprint density at radius 3 is 2.59 bits per heavy atom. The predicted octanol–water partition coefficient (Wildman–Crippen LogP) is 3.31. The molecule has 0 aromatic heterocycles. The number of hydrogen-bond acceptors (Lipinski definition) is 3. The number of benzene rings is 2. The third-order valence-electron chi connectivity index (χ3n) is 3.92. The Morgan fingerprint density at radius 1 is 1.14 bits per heavy atom. The highest BCUT2D eigenvalue weighted by molar-refractivity contribution is 5.69. The molecular weight excluding hydrogens is 276 g/mol. The van der Waals surface area contributed by atoms with Gasteiger partial charge in [0.15, 0.2) is 0 Å². The average Bonchev–Trinajstić information content (AvgIpc) is 2.55. The van der Waals surface area contributed by atoms with Gasteiger partial charge >= 0.3 is 6.09 Å². The van der Waals surface area contributed by atoms with Gasteiger partial charge in [0, 0.05) is 13.1 Å². The van der Waals surface area contributed by atoms with Crippen molar-refractivity contribution in [2.24, 2.45) is 0 Å². The summed E-state index contributed by atoms with van der Waals surface area (Å²) in [6.07, 6.45) is 1.46. The first-order chi connectivity index (χ1) is 10.7. The van der Waals surface area contributed by atoms with Crippen LogP contribution in [0.15, 0.2) is 48.5 Å². The number of ether oxygens (including phenoxy) is 1. The van der Waals surface area contributed by atoms with E-state index in [9.17, 15) is 4.79 Å². The van der Waals surface area contributed by atoms with Gasteiger partial charge in [-0.3, -0.25) is 5.43 Å². The summed E-state index contributed by atoms with van der Waals surface area (Å²) >= 11 is 0. The quantitative estimate of drug-likeness (QED) is 0.945. The number of amides is 1. The lowest BCUT2D eigenvalue weighted by Gasteiger charge is -2.28. The van der Waals surface area contributed by atoms with Gasteiger partial charge in [-0.1, -0.05) is 43.3 Å². The molecule has 1 aliphatic heterocycles. The zero-order chi connectivity index (χ0) is 15.4. The molecule has 0 radical (unpaired) electrons. The van der Waals surface area contributed by atoms with Gasteiger partial charge in [-0.15, -0.1) is 0 Å². The van der Waals surface area contributed by atoms with E-state index in [-0.39, 0.29) is 0 Å². The van der Waals surface area contributed by atoms with Crippen LogP contribution in [0.5, 0.6) is 5.75 Å². The van der Waals surface area contributed by atoms with Crippen molar-refractivity contribution in [2.75, 3.05) is 6.54 Å². The summed E-state index contributed by atoms with van der Waals surface area (Å²) in [6.45, 7) is 3.59. The maximum atomic E-state index is 12.0. The summed E-state index contributed by atoms with van der Waals surface area (Å²) in [6, 6.07) is 15.9. The fourth-order valence-corrected chi connectivity index (χ4v) is 2.64. The van der Waals surface area contributed by atoms with Gasteiger partial charge in [0.2, 0.25) is 0 Å². The van der Waals surface area contributed by atoms with Gasteiger partial charge in [-0.25, -0.2) is 9.80 Å². The number of carbonyl (C=O) groups is 1. The van der Waals surface area contributed by atoms with Crippen LogP contribution >= 0.6 is 0 Å². The zero-order valence-electron chi connectivity index (χ0n) is 12.7. The molecule has 0 unspecified atom stereocenters. The van der Waals surface area contributed by atoms with Gasteiger partial charge in [-0.05, 0) is 41.7 Å². The highest BCUT2D eigenvalue weighted by Gasteiger charge is 2.18. The van der Waals surface area contributed by atoms with Gasteiger partial charge < -0.3 is 4.74 Å². The SMILES string of the molecule is CCc1ccc(OC(=O)NN2CCc3ccccc3C2)cc1. The molecule has 1 N–H and O–H groups in total.